The van der Waals surface area contributed by atoms with Gasteiger partial charge in [0.05, 0.1) is 0 Å². The number of aryl methyl sites for hydroxylation is 1. The molecule has 0 saturated carbocycles. The Kier molecular flexibility index (Phi) is 4.88. The standard InChI is InChI=1S/C16H24S/c1-6-14(17)10-15-12(2)8-7-9-13(15)11-16(3,4)5/h7-10,17H,6,11H2,1-5H3/b14-10+. The molecule has 0 unspecified atom stereocenters. The van der Waals surface area contributed by atoms with Crippen LogP contribution in [0.25, 0.3) is 6.08 Å². The van der Waals surface area contributed by atoms with Gasteiger partial charge in [-0.25, -0.2) is 0 Å². The van der Waals surface area contributed by atoms with Gasteiger partial charge in [-0.1, -0.05) is 45.9 Å². The van der Waals surface area contributed by atoms with Crippen LogP contribution in [0.4, 0.5) is 0 Å². The molecule has 0 aliphatic rings. The minimum absolute atomic E-state index is 0.319. The Morgan fingerprint density at radius 2 is 1.94 bits per heavy atom. The van der Waals surface area contributed by atoms with Crippen molar-refractivity contribution < 1.29 is 0 Å². The molecule has 0 N–H and O–H groups in total. The molecule has 0 spiro atoms. The first-order valence-electron chi connectivity index (χ1n) is 6.31. The summed E-state index contributed by atoms with van der Waals surface area (Å²) < 4.78 is 0. The van der Waals surface area contributed by atoms with Crippen molar-refractivity contribution in [1.29, 1.82) is 0 Å². The SMILES string of the molecule is CC/C(S)=C\c1c(C)cccc1CC(C)(C)C. The van der Waals surface area contributed by atoms with Gasteiger partial charge in [-0.3, -0.25) is 0 Å². The van der Waals surface area contributed by atoms with Crippen molar-refractivity contribution in [2.45, 2.75) is 47.5 Å². The third kappa shape index (κ3) is 4.59. The smallest absolute Gasteiger partial charge is 0.0181 e. The summed E-state index contributed by atoms with van der Waals surface area (Å²) in [5.74, 6) is 0. The van der Waals surface area contributed by atoms with Crippen LogP contribution in [0.1, 0.15) is 50.8 Å². The first-order valence-corrected chi connectivity index (χ1v) is 6.76. The zero-order valence-electron chi connectivity index (χ0n) is 11.7. The largest absolute Gasteiger partial charge is 0.148 e. The Morgan fingerprint density at radius 3 is 2.47 bits per heavy atom. The van der Waals surface area contributed by atoms with Gasteiger partial charge in [0.25, 0.3) is 0 Å². The fraction of sp³-hybridized carbons (Fsp3) is 0.500. The van der Waals surface area contributed by atoms with Crippen molar-refractivity contribution in [2.75, 3.05) is 0 Å². The first-order chi connectivity index (χ1) is 7.83. The molecule has 0 fully saturated rings. The quantitative estimate of drug-likeness (QED) is 0.693. The minimum atomic E-state index is 0.319. The van der Waals surface area contributed by atoms with E-state index in [1.165, 1.54) is 16.7 Å². The zero-order chi connectivity index (χ0) is 13.1. The highest BCUT2D eigenvalue weighted by molar-refractivity contribution is 7.84. The van der Waals surface area contributed by atoms with E-state index in [0.717, 1.165) is 17.7 Å². The zero-order valence-corrected chi connectivity index (χ0v) is 12.6. The number of hydrogen-bond donors (Lipinski definition) is 1. The molecule has 0 aromatic heterocycles. The van der Waals surface area contributed by atoms with Gasteiger partial charge in [0.2, 0.25) is 0 Å². The van der Waals surface area contributed by atoms with Gasteiger partial charge in [0, 0.05) is 0 Å². The summed E-state index contributed by atoms with van der Waals surface area (Å²) in [5.41, 5.74) is 4.44. The van der Waals surface area contributed by atoms with Gasteiger partial charge in [-0.05, 0) is 52.9 Å². The van der Waals surface area contributed by atoms with Gasteiger partial charge in [0.1, 0.15) is 0 Å². The lowest BCUT2D eigenvalue weighted by Crippen LogP contribution is -2.10. The lowest BCUT2D eigenvalue weighted by atomic mass is 9.85. The summed E-state index contributed by atoms with van der Waals surface area (Å²) in [5, 5.41) is 0. The van der Waals surface area contributed by atoms with Crippen LogP contribution in [0.2, 0.25) is 0 Å². The van der Waals surface area contributed by atoms with Crippen molar-refractivity contribution in [3.8, 4) is 0 Å². The van der Waals surface area contributed by atoms with Crippen molar-refractivity contribution in [2.24, 2.45) is 5.41 Å². The van der Waals surface area contributed by atoms with Crippen LogP contribution < -0.4 is 0 Å². The predicted molar refractivity (Wildman–Crippen MR) is 81.6 cm³/mol. The molecule has 1 aromatic rings. The second kappa shape index (κ2) is 5.77. The Morgan fingerprint density at radius 1 is 1.29 bits per heavy atom. The number of rotatable bonds is 3. The van der Waals surface area contributed by atoms with E-state index in [4.69, 9.17) is 0 Å². The summed E-state index contributed by atoms with van der Waals surface area (Å²) in [6, 6.07) is 6.56. The van der Waals surface area contributed by atoms with Crippen LogP contribution in [-0.4, -0.2) is 0 Å². The molecule has 1 aromatic carbocycles. The maximum atomic E-state index is 4.51. The van der Waals surface area contributed by atoms with E-state index < -0.39 is 0 Å². The molecular formula is C16H24S. The lowest BCUT2D eigenvalue weighted by molar-refractivity contribution is 0.411. The van der Waals surface area contributed by atoms with E-state index in [-0.39, 0.29) is 0 Å². The number of allylic oxidation sites excluding steroid dienone is 1. The molecule has 94 valence electrons. The van der Waals surface area contributed by atoms with E-state index in [9.17, 15) is 0 Å². The molecule has 0 bridgehead atoms. The molecule has 0 radical (unpaired) electrons. The Bertz CT molecular complexity index is 408. The molecule has 0 aliphatic carbocycles. The van der Waals surface area contributed by atoms with E-state index in [2.05, 4.69) is 71.5 Å². The summed E-state index contributed by atoms with van der Waals surface area (Å²) in [6.07, 6.45) is 4.32. The second-order valence-electron chi connectivity index (χ2n) is 5.87. The highest BCUT2D eigenvalue weighted by Crippen LogP contribution is 2.27. The first kappa shape index (κ1) is 14.4. The maximum absolute atomic E-state index is 4.51. The normalized spacial score (nSPS) is 12.9. The monoisotopic (exact) mass is 248 g/mol. The van der Waals surface area contributed by atoms with Gasteiger partial charge >= 0.3 is 0 Å². The second-order valence-corrected chi connectivity index (χ2v) is 6.45. The highest BCUT2D eigenvalue weighted by atomic mass is 32.1. The summed E-state index contributed by atoms with van der Waals surface area (Å²) in [4.78, 5) is 1.15. The van der Waals surface area contributed by atoms with Crippen molar-refractivity contribution in [3.63, 3.8) is 0 Å². The topological polar surface area (TPSA) is 0 Å². The third-order valence-electron chi connectivity index (χ3n) is 2.81. The molecule has 0 heterocycles. The number of hydrogen-bond acceptors (Lipinski definition) is 1. The Balaban J connectivity index is 3.18. The summed E-state index contributed by atoms with van der Waals surface area (Å²) >= 11 is 4.51. The van der Waals surface area contributed by atoms with Crippen LogP contribution in [0.3, 0.4) is 0 Å². The fourth-order valence-electron chi connectivity index (χ4n) is 1.94. The van der Waals surface area contributed by atoms with E-state index in [1.807, 2.05) is 0 Å². The minimum Gasteiger partial charge on any atom is -0.148 e. The predicted octanol–water partition coefficient (Wildman–Crippen LogP) is 5.26. The molecule has 0 atom stereocenters. The average molecular weight is 248 g/mol. The van der Waals surface area contributed by atoms with Crippen molar-refractivity contribution in [3.05, 3.63) is 39.8 Å². The van der Waals surface area contributed by atoms with Crippen molar-refractivity contribution >= 4 is 18.7 Å². The third-order valence-corrected chi connectivity index (χ3v) is 3.25. The molecule has 0 nitrogen and oxygen atoms in total. The average Bonchev–Trinajstić information content (AvgIpc) is 2.20. The molecule has 1 rings (SSSR count). The number of benzene rings is 1. The summed E-state index contributed by atoms with van der Waals surface area (Å²) in [6.45, 7) is 11.2. The molecular weight excluding hydrogens is 224 g/mol. The maximum Gasteiger partial charge on any atom is -0.0181 e. The van der Waals surface area contributed by atoms with E-state index in [0.29, 0.717) is 5.41 Å². The molecule has 17 heavy (non-hydrogen) atoms. The molecule has 0 aliphatic heterocycles. The van der Waals surface area contributed by atoms with Crippen LogP contribution in [0.5, 0.6) is 0 Å². The van der Waals surface area contributed by atoms with E-state index in [1.54, 1.807) is 0 Å². The van der Waals surface area contributed by atoms with Crippen LogP contribution in [0, 0.1) is 12.3 Å². The number of thiol groups is 1. The highest BCUT2D eigenvalue weighted by Gasteiger charge is 2.14. The lowest BCUT2D eigenvalue weighted by Gasteiger charge is -2.20. The van der Waals surface area contributed by atoms with Crippen LogP contribution in [0.15, 0.2) is 23.1 Å². The van der Waals surface area contributed by atoms with Crippen LogP contribution in [-0.2, 0) is 6.42 Å². The summed E-state index contributed by atoms with van der Waals surface area (Å²) in [7, 11) is 0. The van der Waals surface area contributed by atoms with Gasteiger partial charge in [-0.15, -0.1) is 12.6 Å². The molecule has 0 amide bonds. The fourth-order valence-corrected chi connectivity index (χ4v) is 2.07. The molecule has 0 saturated heterocycles. The van der Waals surface area contributed by atoms with Crippen molar-refractivity contribution in [1.82, 2.24) is 0 Å². The van der Waals surface area contributed by atoms with Gasteiger partial charge in [-0.2, -0.15) is 0 Å². The van der Waals surface area contributed by atoms with Gasteiger partial charge in [0.15, 0.2) is 0 Å². The Labute approximate surface area is 112 Å². The Hall–Kier alpha value is -0.690. The molecule has 1 heteroatoms. The van der Waals surface area contributed by atoms with E-state index >= 15 is 0 Å². The van der Waals surface area contributed by atoms with Crippen LogP contribution >= 0.6 is 12.6 Å². The van der Waals surface area contributed by atoms with Gasteiger partial charge < -0.3 is 0 Å².